The van der Waals surface area contributed by atoms with Gasteiger partial charge in [0.05, 0.1) is 6.26 Å². The summed E-state index contributed by atoms with van der Waals surface area (Å²) in [7, 11) is 0. The van der Waals surface area contributed by atoms with Crippen LogP contribution in [-0.4, -0.2) is 20.8 Å². The van der Waals surface area contributed by atoms with Crippen LogP contribution in [0.5, 0.6) is 0 Å². The molecule has 0 radical (unpaired) electrons. The van der Waals surface area contributed by atoms with Crippen molar-refractivity contribution in [2.24, 2.45) is 0 Å². The molecule has 1 aliphatic rings. The summed E-state index contributed by atoms with van der Waals surface area (Å²) in [4.78, 5) is 4.36. The molecule has 3 rings (SSSR count). The molecule has 2 atom stereocenters. The van der Waals surface area contributed by atoms with E-state index in [4.69, 9.17) is 4.42 Å². The van der Waals surface area contributed by atoms with Gasteiger partial charge in [0.2, 0.25) is 5.95 Å². The second kappa shape index (κ2) is 3.37. The highest BCUT2D eigenvalue weighted by molar-refractivity contribution is 5.32. The number of furan rings is 1. The Morgan fingerprint density at radius 1 is 1.56 bits per heavy atom. The molecule has 0 bridgehead atoms. The predicted octanol–water partition coefficient (Wildman–Crippen LogP) is 1.97. The second-order valence-electron chi connectivity index (χ2n) is 4.24. The summed E-state index contributed by atoms with van der Waals surface area (Å²) in [5.41, 5.74) is 0. The van der Waals surface area contributed by atoms with Gasteiger partial charge in [-0.15, -0.1) is 0 Å². The van der Waals surface area contributed by atoms with E-state index in [9.17, 15) is 0 Å². The van der Waals surface area contributed by atoms with Crippen LogP contribution in [0.2, 0.25) is 0 Å². The van der Waals surface area contributed by atoms with Crippen molar-refractivity contribution in [3.8, 4) is 0 Å². The van der Waals surface area contributed by atoms with Crippen molar-refractivity contribution in [2.45, 2.75) is 32.4 Å². The average molecular weight is 218 g/mol. The summed E-state index contributed by atoms with van der Waals surface area (Å²) < 4.78 is 7.38. The number of nitrogens with zero attached hydrogens (tertiary/aromatic N) is 3. The maximum Gasteiger partial charge on any atom is 0.222 e. The standard InChI is InChI=1S/C11H14N4O/c1-7-6-9(10-4-3-5-16-10)15-11(12-7)13-8(2)14-15/h3-5,7,9H,6H2,1-2H3,(H,12,13,14). The van der Waals surface area contributed by atoms with E-state index in [0.29, 0.717) is 6.04 Å². The molecule has 0 aromatic carbocycles. The molecular weight excluding hydrogens is 204 g/mol. The number of anilines is 1. The number of fused-ring (bicyclic) bond motifs is 1. The Morgan fingerprint density at radius 3 is 3.19 bits per heavy atom. The summed E-state index contributed by atoms with van der Waals surface area (Å²) in [5, 5.41) is 7.73. The van der Waals surface area contributed by atoms with E-state index in [0.717, 1.165) is 24.0 Å². The Kier molecular flexibility index (Phi) is 1.99. The largest absolute Gasteiger partial charge is 0.467 e. The van der Waals surface area contributed by atoms with Gasteiger partial charge in [0.1, 0.15) is 17.6 Å². The van der Waals surface area contributed by atoms with Crippen LogP contribution in [0.3, 0.4) is 0 Å². The molecule has 1 N–H and O–H groups in total. The van der Waals surface area contributed by atoms with Crippen LogP contribution in [-0.2, 0) is 0 Å². The topological polar surface area (TPSA) is 55.9 Å². The molecule has 2 aromatic heterocycles. The molecule has 3 heterocycles. The van der Waals surface area contributed by atoms with E-state index in [-0.39, 0.29) is 6.04 Å². The maximum absolute atomic E-state index is 5.47. The summed E-state index contributed by atoms with van der Waals surface area (Å²) in [5.74, 6) is 2.56. The molecule has 0 fully saturated rings. The minimum atomic E-state index is 0.155. The molecule has 5 nitrogen and oxygen atoms in total. The monoisotopic (exact) mass is 218 g/mol. The van der Waals surface area contributed by atoms with E-state index in [2.05, 4.69) is 22.3 Å². The number of hydrogen-bond acceptors (Lipinski definition) is 4. The van der Waals surface area contributed by atoms with Gasteiger partial charge in [-0.25, -0.2) is 4.68 Å². The molecule has 0 saturated heterocycles. The first-order valence-electron chi connectivity index (χ1n) is 5.47. The molecule has 0 saturated carbocycles. The lowest BCUT2D eigenvalue weighted by atomic mass is 10.0. The Bertz CT molecular complexity index is 488. The number of nitrogens with one attached hydrogen (secondary N) is 1. The van der Waals surface area contributed by atoms with Crippen LogP contribution in [0.1, 0.15) is 31.0 Å². The lowest BCUT2D eigenvalue weighted by molar-refractivity contribution is 0.362. The lowest BCUT2D eigenvalue weighted by Gasteiger charge is -2.27. The van der Waals surface area contributed by atoms with Crippen LogP contribution in [0.25, 0.3) is 0 Å². The maximum atomic E-state index is 5.47. The van der Waals surface area contributed by atoms with Gasteiger partial charge in [0, 0.05) is 6.04 Å². The minimum Gasteiger partial charge on any atom is -0.467 e. The Morgan fingerprint density at radius 2 is 2.44 bits per heavy atom. The van der Waals surface area contributed by atoms with Crippen molar-refractivity contribution in [2.75, 3.05) is 5.32 Å². The Hall–Kier alpha value is -1.78. The SMILES string of the molecule is Cc1nc2n(n1)C(c1ccco1)CC(C)N2. The van der Waals surface area contributed by atoms with Gasteiger partial charge in [-0.2, -0.15) is 10.1 Å². The molecule has 0 aliphatic carbocycles. The molecule has 1 aliphatic heterocycles. The van der Waals surface area contributed by atoms with Crippen LogP contribution in [0, 0.1) is 6.92 Å². The van der Waals surface area contributed by atoms with Crippen molar-refractivity contribution in [1.29, 1.82) is 0 Å². The highest BCUT2D eigenvalue weighted by Gasteiger charge is 2.29. The third kappa shape index (κ3) is 1.39. The van der Waals surface area contributed by atoms with Crippen molar-refractivity contribution < 1.29 is 4.42 Å². The summed E-state index contributed by atoms with van der Waals surface area (Å²) in [6.45, 7) is 4.04. The molecule has 84 valence electrons. The van der Waals surface area contributed by atoms with Crippen molar-refractivity contribution in [3.05, 3.63) is 30.0 Å². The highest BCUT2D eigenvalue weighted by atomic mass is 16.3. The van der Waals surface area contributed by atoms with E-state index < -0.39 is 0 Å². The van der Waals surface area contributed by atoms with Gasteiger partial charge in [-0.1, -0.05) is 0 Å². The van der Waals surface area contributed by atoms with E-state index in [1.165, 1.54) is 0 Å². The zero-order valence-corrected chi connectivity index (χ0v) is 9.34. The number of rotatable bonds is 1. The fourth-order valence-corrected chi connectivity index (χ4v) is 2.18. The molecule has 0 amide bonds. The molecule has 2 unspecified atom stereocenters. The van der Waals surface area contributed by atoms with Crippen LogP contribution in [0.4, 0.5) is 5.95 Å². The second-order valence-corrected chi connectivity index (χ2v) is 4.24. The molecular formula is C11H14N4O. The first-order valence-corrected chi connectivity index (χ1v) is 5.47. The van der Waals surface area contributed by atoms with E-state index in [1.54, 1.807) is 6.26 Å². The van der Waals surface area contributed by atoms with E-state index in [1.807, 2.05) is 23.7 Å². The highest BCUT2D eigenvalue weighted by Crippen LogP contribution is 2.30. The van der Waals surface area contributed by atoms with Gasteiger partial charge >= 0.3 is 0 Å². The number of hydrogen-bond donors (Lipinski definition) is 1. The van der Waals surface area contributed by atoms with Crippen LogP contribution in [0.15, 0.2) is 22.8 Å². The fourth-order valence-electron chi connectivity index (χ4n) is 2.18. The smallest absolute Gasteiger partial charge is 0.222 e. The fraction of sp³-hybridized carbons (Fsp3) is 0.455. The van der Waals surface area contributed by atoms with Gasteiger partial charge in [-0.05, 0) is 32.4 Å². The summed E-state index contributed by atoms with van der Waals surface area (Å²) in [6, 6.07) is 4.43. The normalized spacial score (nSPS) is 23.9. The van der Waals surface area contributed by atoms with Gasteiger partial charge in [0.25, 0.3) is 0 Å². The molecule has 5 heteroatoms. The van der Waals surface area contributed by atoms with Crippen LogP contribution >= 0.6 is 0 Å². The summed E-state index contributed by atoms with van der Waals surface area (Å²) in [6.07, 6.45) is 2.66. The average Bonchev–Trinajstić information content (AvgIpc) is 2.83. The van der Waals surface area contributed by atoms with Crippen LogP contribution < -0.4 is 5.32 Å². The predicted molar refractivity (Wildman–Crippen MR) is 59.3 cm³/mol. The van der Waals surface area contributed by atoms with Crippen molar-refractivity contribution in [3.63, 3.8) is 0 Å². The van der Waals surface area contributed by atoms with Crippen molar-refractivity contribution >= 4 is 5.95 Å². The third-order valence-corrected chi connectivity index (χ3v) is 2.86. The molecule has 16 heavy (non-hydrogen) atoms. The first-order chi connectivity index (χ1) is 7.74. The number of aromatic nitrogens is 3. The van der Waals surface area contributed by atoms with E-state index >= 15 is 0 Å². The quantitative estimate of drug-likeness (QED) is 0.795. The zero-order valence-electron chi connectivity index (χ0n) is 9.34. The Balaban J connectivity index is 2.06. The Labute approximate surface area is 93.5 Å². The zero-order chi connectivity index (χ0) is 11.1. The summed E-state index contributed by atoms with van der Waals surface area (Å²) >= 11 is 0. The number of aryl methyl sites for hydroxylation is 1. The van der Waals surface area contributed by atoms with Gasteiger partial charge in [0.15, 0.2) is 0 Å². The lowest BCUT2D eigenvalue weighted by Crippen LogP contribution is -2.30. The molecule has 0 spiro atoms. The van der Waals surface area contributed by atoms with Gasteiger partial charge < -0.3 is 9.73 Å². The minimum absolute atomic E-state index is 0.155. The molecule has 2 aromatic rings. The van der Waals surface area contributed by atoms with Crippen molar-refractivity contribution in [1.82, 2.24) is 14.8 Å². The third-order valence-electron chi connectivity index (χ3n) is 2.86. The first kappa shape index (κ1) is 9.45. The van der Waals surface area contributed by atoms with Gasteiger partial charge in [-0.3, -0.25) is 0 Å².